The van der Waals surface area contributed by atoms with Crippen LogP contribution in [0.15, 0.2) is 53.1 Å². The van der Waals surface area contributed by atoms with Gasteiger partial charge in [0, 0.05) is 22.9 Å². The summed E-state index contributed by atoms with van der Waals surface area (Å²) in [5.41, 5.74) is 6.70. The minimum atomic E-state index is 0.542. The molecule has 3 heteroatoms. The van der Waals surface area contributed by atoms with Gasteiger partial charge in [-0.3, -0.25) is 0 Å². The van der Waals surface area contributed by atoms with Gasteiger partial charge < -0.3 is 4.42 Å². The van der Waals surface area contributed by atoms with Gasteiger partial charge in [0.05, 0.1) is 12.1 Å². The van der Waals surface area contributed by atoms with Crippen LogP contribution in [-0.4, -0.2) is 0 Å². The Morgan fingerprint density at radius 1 is 1.07 bits per heavy atom. The molecule has 3 nitrogen and oxygen atoms in total. The topological polar surface area (TPSA) is 21.4 Å². The van der Waals surface area contributed by atoms with E-state index in [1.54, 1.807) is 0 Å². The highest BCUT2D eigenvalue weighted by Crippen LogP contribution is 2.41. The third kappa shape index (κ3) is 2.88. The van der Waals surface area contributed by atoms with Gasteiger partial charge in [-0.15, -0.1) is 0 Å². The molecule has 2 heterocycles. The molecule has 0 fully saturated rings. The van der Waals surface area contributed by atoms with Gasteiger partial charge in [0.1, 0.15) is 18.2 Å². The zero-order chi connectivity index (χ0) is 19.1. The third-order valence-electron chi connectivity index (χ3n) is 5.06. The molecule has 134 valence electrons. The Kier molecular flexibility index (Phi) is 4.20. The molecule has 0 N–H and O–H groups in total. The Hall–Kier alpha value is -3.12. The van der Waals surface area contributed by atoms with Crippen LogP contribution in [0.2, 0.25) is 0 Å². The molecule has 0 atom stereocenters. The molecule has 0 aliphatic carbocycles. The van der Waals surface area contributed by atoms with Crippen molar-refractivity contribution in [2.75, 3.05) is 0 Å². The summed E-state index contributed by atoms with van der Waals surface area (Å²) in [6.07, 6.45) is 3.00. The molecule has 0 saturated carbocycles. The van der Waals surface area contributed by atoms with Gasteiger partial charge in [0.2, 0.25) is 11.4 Å². The van der Waals surface area contributed by atoms with Crippen LogP contribution in [0.4, 0.5) is 5.69 Å². The van der Waals surface area contributed by atoms with Gasteiger partial charge in [-0.1, -0.05) is 31.5 Å². The fourth-order valence-electron chi connectivity index (χ4n) is 3.85. The maximum Gasteiger partial charge on any atom is 0.229 e. The summed E-state index contributed by atoms with van der Waals surface area (Å²) in [5, 5.41) is 2.11. The van der Waals surface area contributed by atoms with Crippen LogP contribution in [0, 0.1) is 19.4 Å². The summed E-state index contributed by atoms with van der Waals surface area (Å²) in [7, 11) is 2.04. The summed E-state index contributed by atoms with van der Waals surface area (Å²) in [5.74, 6) is 0.542. The van der Waals surface area contributed by atoms with E-state index in [0.29, 0.717) is 17.2 Å². The lowest BCUT2D eigenvalue weighted by molar-refractivity contribution is -0.660. The molecular formula is C24H23N2O+. The minimum absolute atomic E-state index is 0.542. The molecule has 2 aromatic carbocycles. The van der Waals surface area contributed by atoms with Crippen LogP contribution in [0.3, 0.4) is 0 Å². The van der Waals surface area contributed by atoms with Crippen molar-refractivity contribution in [2.45, 2.75) is 27.2 Å². The molecule has 0 spiro atoms. The number of aromatic nitrogens is 1. The van der Waals surface area contributed by atoms with Crippen LogP contribution >= 0.6 is 0 Å². The maximum atomic E-state index is 7.63. The molecule has 0 amide bonds. The number of furan rings is 1. The van der Waals surface area contributed by atoms with Crippen molar-refractivity contribution in [3.8, 4) is 11.3 Å². The van der Waals surface area contributed by atoms with Crippen molar-refractivity contribution < 1.29 is 8.98 Å². The number of pyridine rings is 1. The van der Waals surface area contributed by atoms with Crippen LogP contribution in [0.5, 0.6) is 0 Å². The van der Waals surface area contributed by atoms with Crippen molar-refractivity contribution >= 4 is 27.6 Å². The fourth-order valence-corrected chi connectivity index (χ4v) is 3.85. The summed E-state index contributed by atoms with van der Waals surface area (Å²) in [6.45, 7) is 14.1. The highest BCUT2D eigenvalue weighted by Gasteiger charge is 2.21. The normalized spacial score (nSPS) is 11.4. The van der Waals surface area contributed by atoms with E-state index in [-0.39, 0.29) is 0 Å². The van der Waals surface area contributed by atoms with E-state index in [0.717, 1.165) is 39.6 Å². The van der Waals surface area contributed by atoms with Gasteiger partial charge in [-0.05, 0) is 43.0 Å². The molecule has 4 rings (SSSR count). The summed E-state index contributed by atoms with van der Waals surface area (Å²) < 4.78 is 8.43. The average Bonchev–Trinajstić information content (AvgIpc) is 3.00. The Balaban J connectivity index is 2.09. The monoisotopic (exact) mass is 355 g/mol. The molecule has 0 unspecified atom stereocenters. The largest absolute Gasteiger partial charge is 0.466 e. The van der Waals surface area contributed by atoms with Crippen LogP contribution in [-0.2, 0) is 13.5 Å². The number of hydrogen-bond acceptors (Lipinski definition) is 1. The quantitative estimate of drug-likeness (QED) is 0.320. The second-order valence-corrected chi connectivity index (χ2v) is 7.63. The van der Waals surface area contributed by atoms with Gasteiger partial charge in [0.25, 0.3) is 0 Å². The maximum absolute atomic E-state index is 7.63. The molecule has 0 aliphatic rings. The first kappa shape index (κ1) is 17.3. The van der Waals surface area contributed by atoms with Crippen molar-refractivity contribution in [1.82, 2.24) is 0 Å². The lowest BCUT2D eigenvalue weighted by Gasteiger charge is -2.06. The first-order valence-corrected chi connectivity index (χ1v) is 9.31. The number of rotatable bonds is 3. The highest BCUT2D eigenvalue weighted by molar-refractivity contribution is 6.13. The predicted molar refractivity (Wildman–Crippen MR) is 110 cm³/mol. The number of aryl methyl sites for hydroxylation is 2. The molecule has 0 radical (unpaired) electrons. The number of benzene rings is 2. The molecule has 27 heavy (non-hydrogen) atoms. The van der Waals surface area contributed by atoms with Crippen LogP contribution in [0.1, 0.15) is 25.0 Å². The van der Waals surface area contributed by atoms with E-state index in [2.05, 4.69) is 54.4 Å². The zero-order valence-corrected chi connectivity index (χ0v) is 16.2. The van der Waals surface area contributed by atoms with E-state index >= 15 is 0 Å². The lowest BCUT2D eigenvalue weighted by atomic mass is 9.98. The van der Waals surface area contributed by atoms with E-state index in [9.17, 15) is 0 Å². The lowest BCUT2D eigenvalue weighted by Crippen LogP contribution is -2.30. The second kappa shape index (κ2) is 6.55. The van der Waals surface area contributed by atoms with Gasteiger partial charge in [-0.25, -0.2) is 9.41 Å². The third-order valence-corrected chi connectivity index (χ3v) is 5.06. The van der Waals surface area contributed by atoms with Crippen LogP contribution < -0.4 is 4.57 Å². The van der Waals surface area contributed by atoms with Crippen molar-refractivity contribution in [3.05, 3.63) is 71.2 Å². The smallest absolute Gasteiger partial charge is 0.229 e. The number of hydrogen-bond donors (Lipinski definition) is 0. The highest BCUT2D eigenvalue weighted by atomic mass is 16.3. The van der Waals surface area contributed by atoms with Crippen molar-refractivity contribution in [2.24, 2.45) is 13.0 Å². The average molecular weight is 355 g/mol. The fraction of sp³-hybridized carbons (Fsp3) is 0.250. The summed E-state index contributed by atoms with van der Waals surface area (Å²) in [4.78, 5) is 3.76. The van der Waals surface area contributed by atoms with Gasteiger partial charge >= 0.3 is 0 Å². The molecule has 2 aromatic heterocycles. The minimum Gasteiger partial charge on any atom is -0.466 e. The second-order valence-electron chi connectivity index (χ2n) is 7.63. The zero-order valence-electron chi connectivity index (χ0n) is 16.2. The van der Waals surface area contributed by atoms with Crippen molar-refractivity contribution in [3.63, 3.8) is 0 Å². The first-order chi connectivity index (χ1) is 13.0. The summed E-state index contributed by atoms with van der Waals surface area (Å²) in [6, 6.07) is 14.6. The van der Waals surface area contributed by atoms with E-state index < -0.39 is 0 Å². The summed E-state index contributed by atoms with van der Waals surface area (Å²) >= 11 is 0. The van der Waals surface area contributed by atoms with E-state index in [1.807, 2.05) is 31.4 Å². The standard InChI is InChI=1S/C24H23N2O/c1-15(2)12-17-13-19-18-10-9-16(3)22(21-8-6-7-11-26(21)5)24(18)27-23(19)20(14-17)25-4/h6-11,13-15H,12H2,1-3,5H3/q+1. The molecule has 0 saturated heterocycles. The Bertz CT molecular complexity index is 1210. The SMILES string of the molecule is [C-]#[N+]c1cc(CC(C)C)cc2c1oc1c(-c3cccc[n+]3C)c(C)ccc12. The molecule has 0 aliphatic heterocycles. The van der Waals surface area contributed by atoms with E-state index in [4.69, 9.17) is 11.0 Å². The molecular weight excluding hydrogens is 332 g/mol. The predicted octanol–water partition coefficient (Wildman–Crippen LogP) is 6.14. The van der Waals surface area contributed by atoms with Crippen molar-refractivity contribution in [1.29, 1.82) is 0 Å². The number of fused-ring (bicyclic) bond motifs is 3. The van der Waals surface area contributed by atoms with Gasteiger partial charge in [0.15, 0.2) is 6.20 Å². The Morgan fingerprint density at radius 3 is 2.59 bits per heavy atom. The Labute approximate surface area is 159 Å². The molecule has 0 bridgehead atoms. The number of nitrogens with zero attached hydrogens (tertiary/aromatic N) is 2. The Morgan fingerprint density at radius 2 is 1.89 bits per heavy atom. The first-order valence-electron chi connectivity index (χ1n) is 9.31. The van der Waals surface area contributed by atoms with Gasteiger partial charge in [-0.2, -0.15) is 0 Å². The van der Waals surface area contributed by atoms with E-state index in [1.165, 1.54) is 5.56 Å². The van der Waals surface area contributed by atoms with Crippen LogP contribution in [0.25, 0.3) is 38.0 Å². The molecule has 4 aromatic rings.